The van der Waals surface area contributed by atoms with E-state index in [0.717, 1.165) is 18.9 Å². The normalized spacial score (nSPS) is 11.3. The van der Waals surface area contributed by atoms with Crippen LogP contribution < -0.4 is 9.30 Å². The smallest absolute Gasteiger partial charge is 0.172 e. The Morgan fingerprint density at radius 3 is 1.08 bits per heavy atom. The summed E-state index contributed by atoms with van der Waals surface area (Å²) >= 11 is 0. The summed E-state index contributed by atoms with van der Waals surface area (Å²) in [7, 11) is 0. The second-order valence-electron chi connectivity index (χ2n) is 12.3. The Balaban J connectivity index is 1.83. The number of nitrogens with zero attached hydrogens (tertiary/aromatic N) is 1. The van der Waals surface area contributed by atoms with E-state index in [0.29, 0.717) is 0 Å². The van der Waals surface area contributed by atoms with Gasteiger partial charge in [0, 0.05) is 18.6 Å². The van der Waals surface area contributed by atoms with Crippen LogP contribution in [0, 0.1) is 0 Å². The molecule has 0 aromatic carbocycles. The summed E-state index contributed by atoms with van der Waals surface area (Å²) in [6.07, 6.45) is 43.9. The fraction of sp³-hybridized carbons (Fsp3) is 0.865. The third-order valence-corrected chi connectivity index (χ3v) is 8.40. The molecule has 0 N–H and O–H groups in total. The van der Waals surface area contributed by atoms with Gasteiger partial charge in [0.1, 0.15) is 12.3 Å². The molecule has 39 heavy (non-hydrogen) atoms. The highest BCUT2D eigenvalue weighted by Crippen LogP contribution is 2.15. The maximum Gasteiger partial charge on any atom is 0.172 e. The van der Waals surface area contributed by atoms with Crippen LogP contribution in [0.25, 0.3) is 0 Å². The first-order valence-electron chi connectivity index (χ1n) is 18.0. The predicted molar refractivity (Wildman–Crippen MR) is 173 cm³/mol. The zero-order chi connectivity index (χ0) is 27.9. The highest BCUT2D eigenvalue weighted by molar-refractivity contribution is 5.14. The summed E-state index contributed by atoms with van der Waals surface area (Å²) in [6.45, 7) is 6.60. The molecular formula is C37H70NO+. The number of rotatable bonds is 31. The van der Waals surface area contributed by atoms with Crippen LogP contribution in [0.5, 0.6) is 5.75 Å². The van der Waals surface area contributed by atoms with E-state index in [1.54, 1.807) is 0 Å². The number of hydrogen-bond donors (Lipinski definition) is 0. The van der Waals surface area contributed by atoms with Gasteiger partial charge in [-0.05, 0) is 12.8 Å². The van der Waals surface area contributed by atoms with Gasteiger partial charge in [-0.15, -0.1) is 0 Å². The summed E-state index contributed by atoms with van der Waals surface area (Å²) < 4.78 is 8.30. The van der Waals surface area contributed by atoms with Crippen molar-refractivity contribution in [3.63, 3.8) is 0 Å². The van der Waals surface area contributed by atoms with Gasteiger partial charge in [-0.1, -0.05) is 174 Å². The molecule has 1 rings (SSSR count). The topological polar surface area (TPSA) is 13.1 Å². The predicted octanol–water partition coefficient (Wildman–Crippen LogP) is 12.3. The van der Waals surface area contributed by atoms with Crippen molar-refractivity contribution in [1.29, 1.82) is 0 Å². The van der Waals surface area contributed by atoms with Crippen LogP contribution in [-0.2, 0) is 6.54 Å². The molecule has 1 aromatic rings. The van der Waals surface area contributed by atoms with E-state index in [4.69, 9.17) is 4.74 Å². The molecule has 0 saturated carbocycles. The molecule has 0 saturated heterocycles. The standard InChI is InChI=1S/C37H70NO/c1-3-5-7-9-11-13-15-17-19-21-23-25-27-29-33-38-34-31-37(32-35-38)39-36-30-28-26-24-22-20-18-16-14-12-10-8-6-4-2/h31-32,34-35H,3-30,33,36H2,1-2H3/q+1. The van der Waals surface area contributed by atoms with Crippen LogP contribution >= 0.6 is 0 Å². The molecule has 0 spiro atoms. The molecule has 2 nitrogen and oxygen atoms in total. The number of unbranched alkanes of at least 4 members (excludes halogenated alkanes) is 26. The first-order valence-corrected chi connectivity index (χ1v) is 18.0. The van der Waals surface area contributed by atoms with Gasteiger partial charge in [0.2, 0.25) is 0 Å². The van der Waals surface area contributed by atoms with Gasteiger partial charge in [0.05, 0.1) is 6.61 Å². The largest absolute Gasteiger partial charge is 0.493 e. The van der Waals surface area contributed by atoms with Crippen LogP contribution in [0.3, 0.4) is 0 Å². The summed E-state index contributed by atoms with van der Waals surface area (Å²) in [5, 5.41) is 0. The molecule has 0 radical (unpaired) electrons. The fourth-order valence-electron chi connectivity index (χ4n) is 5.66. The summed E-state index contributed by atoms with van der Waals surface area (Å²) in [4.78, 5) is 0. The molecule has 2 heteroatoms. The monoisotopic (exact) mass is 545 g/mol. The average molecular weight is 545 g/mol. The maximum atomic E-state index is 5.98. The highest BCUT2D eigenvalue weighted by Gasteiger charge is 2.02. The average Bonchev–Trinajstić information content (AvgIpc) is 2.96. The highest BCUT2D eigenvalue weighted by atomic mass is 16.5. The van der Waals surface area contributed by atoms with Gasteiger partial charge in [0.25, 0.3) is 0 Å². The van der Waals surface area contributed by atoms with Crippen molar-refractivity contribution < 1.29 is 9.30 Å². The van der Waals surface area contributed by atoms with Crippen molar-refractivity contribution in [3.8, 4) is 5.75 Å². The van der Waals surface area contributed by atoms with E-state index in [1.807, 2.05) is 0 Å². The number of pyridine rings is 1. The first-order chi connectivity index (χ1) is 19.4. The minimum Gasteiger partial charge on any atom is -0.493 e. The van der Waals surface area contributed by atoms with Crippen molar-refractivity contribution in [2.24, 2.45) is 0 Å². The molecule has 0 atom stereocenters. The van der Waals surface area contributed by atoms with Crippen LogP contribution in [0.4, 0.5) is 0 Å². The fourth-order valence-corrected chi connectivity index (χ4v) is 5.66. The van der Waals surface area contributed by atoms with E-state index in [1.165, 1.54) is 180 Å². The van der Waals surface area contributed by atoms with Crippen LogP contribution in [0.15, 0.2) is 24.5 Å². The Kier molecular flexibility index (Phi) is 27.6. The third kappa shape index (κ3) is 25.6. The van der Waals surface area contributed by atoms with Crippen LogP contribution in [-0.4, -0.2) is 6.61 Å². The van der Waals surface area contributed by atoms with Crippen molar-refractivity contribution in [1.82, 2.24) is 0 Å². The van der Waals surface area contributed by atoms with Crippen LogP contribution in [0.1, 0.15) is 194 Å². The van der Waals surface area contributed by atoms with E-state index >= 15 is 0 Å². The van der Waals surface area contributed by atoms with Crippen molar-refractivity contribution in [2.75, 3.05) is 6.61 Å². The molecule has 0 bridgehead atoms. The number of aromatic nitrogens is 1. The molecule has 0 aliphatic heterocycles. The van der Waals surface area contributed by atoms with Gasteiger partial charge in [-0.2, -0.15) is 0 Å². The second kappa shape index (κ2) is 29.9. The van der Waals surface area contributed by atoms with Gasteiger partial charge in [-0.3, -0.25) is 0 Å². The molecule has 0 aliphatic rings. The lowest BCUT2D eigenvalue weighted by Crippen LogP contribution is -2.32. The summed E-state index contributed by atoms with van der Waals surface area (Å²) in [5.74, 6) is 1.03. The molecule has 0 fully saturated rings. The number of aryl methyl sites for hydroxylation is 1. The number of hydrogen-bond acceptors (Lipinski definition) is 1. The van der Waals surface area contributed by atoms with Gasteiger partial charge in [0.15, 0.2) is 12.4 Å². The molecule has 0 aliphatic carbocycles. The lowest BCUT2D eigenvalue weighted by Gasteiger charge is -2.06. The Hall–Kier alpha value is -1.05. The SMILES string of the molecule is CCCCCCCCCCCCCCCCOc1cc[n+](CCCCCCCCCCCCCCCC)cc1. The molecule has 0 amide bonds. The Morgan fingerprint density at radius 2 is 0.718 bits per heavy atom. The zero-order valence-corrected chi connectivity index (χ0v) is 26.9. The Labute approximate surface area is 246 Å². The summed E-state index contributed by atoms with van der Waals surface area (Å²) in [6, 6.07) is 4.29. The van der Waals surface area contributed by atoms with Crippen molar-refractivity contribution in [3.05, 3.63) is 24.5 Å². The lowest BCUT2D eigenvalue weighted by atomic mass is 10.0. The molecule has 1 aromatic heterocycles. The van der Waals surface area contributed by atoms with E-state index < -0.39 is 0 Å². The first kappa shape index (κ1) is 36.0. The van der Waals surface area contributed by atoms with Gasteiger partial charge >= 0.3 is 0 Å². The Bertz CT molecular complexity index is 584. The zero-order valence-electron chi connectivity index (χ0n) is 26.9. The third-order valence-electron chi connectivity index (χ3n) is 8.40. The van der Waals surface area contributed by atoms with E-state index in [-0.39, 0.29) is 0 Å². The van der Waals surface area contributed by atoms with Crippen molar-refractivity contribution >= 4 is 0 Å². The Morgan fingerprint density at radius 1 is 0.410 bits per heavy atom. The van der Waals surface area contributed by atoms with Crippen LogP contribution in [0.2, 0.25) is 0 Å². The number of ether oxygens (including phenoxy) is 1. The molecule has 1 heterocycles. The second-order valence-corrected chi connectivity index (χ2v) is 12.3. The van der Waals surface area contributed by atoms with Gasteiger partial charge < -0.3 is 4.74 Å². The quantitative estimate of drug-likeness (QED) is 0.0669. The maximum absolute atomic E-state index is 5.98. The minimum absolute atomic E-state index is 0.862. The van der Waals surface area contributed by atoms with Gasteiger partial charge in [-0.25, -0.2) is 4.57 Å². The lowest BCUT2D eigenvalue weighted by molar-refractivity contribution is -0.697. The molecular weight excluding hydrogens is 474 g/mol. The summed E-state index contributed by atoms with van der Waals surface area (Å²) in [5.41, 5.74) is 0. The van der Waals surface area contributed by atoms with E-state index in [9.17, 15) is 0 Å². The molecule has 228 valence electrons. The van der Waals surface area contributed by atoms with Crippen molar-refractivity contribution in [2.45, 2.75) is 200 Å². The molecule has 0 unspecified atom stereocenters. The van der Waals surface area contributed by atoms with E-state index in [2.05, 4.69) is 42.9 Å². The minimum atomic E-state index is 0.862.